The first kappa shape index (κ1) is 13.4. The van der Waals surface area contributed by atoms with Crippen LogP contribution in [0.5, 0.6) is 0 Å². The largest absolute Gasteiger partial charge is 0.378 e. The van der Waals surface area contributed by atoms with Gasteiger partial charge in [-0.15, -0.1) is 0 Å². The van der Waals surface area contributed by atoms with Gasteiger partial charge in [0.05, 0.1) is 11.4 Å². The third-order valence-electron chi connectivity index (χ3n) is 2.77. The molecule has 0 aliphatic rings. The zero-order valence-corrected chi connectivity index (χ0v) is 11.8. The van der Waals surface area contributed by atoms with Crippen molar-refractivity contribution in [1.29, 1.82) is 0 Å². The molecule has 0 fully saturated rings. The van der Waals surface area contributed by atoms with Crippen molar-refractivity contribution in [2.45, 2.75) is 0 Å². The van der Waals surface area contributed by atoms with E-state index in [2.05, 4.69) is 75.7 Å². The first-order valence-electron chi connectivity index (χ1n) is 5.71. The van der Waals surface area contributed by atoms with Crippen molar-refractivity contribution in [3.05, 3.63) is 24.3 Å². The number of hydrogen-bond acceptors (Lipinski definition) is 3. The van der Waals surface area contributed by atoms with Gasteiger partial charge in [0.1, 0.15) is 0 Å². The second kappa shape index (κ2) is 5.13. The first-order chi connectivity index (χ1) is 7.88. The third kappa shape index (κ3) is 2.73. The standard InChI is InChI=1S/C14H23N3/c1-8-11-9-12(15(2)3)10-13(16(4)5)14(11)17(6)7/h8-10H,1H2,2-7H3. The molecule has 0 aliphatic heterocycles. The van der Waals surface area contributed by atoms with Crippen LogP contribution in [0.25, 0.3) is 6.08 Å². The smallest absolute Gasteiger partial charge is 0.0673 e. The maximum Gasteiger partial charge on any atom is 0.0673 e. The van der Waals surface area contributed by atoms with E-state index in [0.29, 0.717) is 0 Å². The highest BCUT2D eigenvalue weighted by atomic mass is 15.1. The Labute approximate surface area is 105 Å². The molecule has 3 nitrogen and oxygen atoms in total. The monoisotopic (exact) mass is 233 g/mol. The maximum absolute atomic E-state index is 3.91. The minimum atomic E-state index is 1.16. The van der Waals surface area contributed by atoms with Gasteiger partial charge in [-0.2, -0.15) is 0 Å². The summed E-state index contributed by atoms with van der Waals surface area (Å²) in [4.78, 5) is 6.38. The molecular weight excluding hydrogens is 210 g/mol. The van der Waals surface area contributed by atoms with E-state index in [1.54, 1.807) is 0 Å². The molecule has 0 radical (unpaired) electrons. The van der Waals surface area contributed by atoms with Crippen LogP contribution in [0.15, 0.2) is 18.7 Å². The average Bonchev–Trinajstić information content (AvgIpc) is 2.26. The number of benzene rings is 1. The van der Waals surface area contributed by atoms with Gasteiger partial charge in [-0.05, 0) is 12.1 Å². The van der Waals surface area contributed by atoms with Crippen molar-refractivity contribution in [2.75, 3.05) is 57.0 Å². The summed E-state index contributed by atoms with van der Waals surface area (Å²) in [5, 5.41) is 0. The van der Waals surface area contributed by atoms with Gasteiger partial charge in [0, 0.05) is 53.5 Å². The van der Waals surface area contributed by atoms with Gasteiger partial charge < -0.3 is 14.7 Å². The summed E-state index contributed by atoms with van der Waals surface area (Å²) in [6, 6.07) is 4.36. The fourth-order valence-electron chi connectivity index (χ4n) is 1.87. The highest BCUT2D eigenvalue weighted by molar-refractivity contribution is 5.84. The van der Waals surface area contributed by atoms with Crippen LogP contribution in [0.1, 0.15) is 5.56 Å². The van der Waals surface area contributed by atoms with E-state index in [-0.39, 0.29) is 0 Å². The third-order valence-corrected chi connectivity index (χ3v) is 2.77. The molecule has 0 N–H and O–H groups in total. The highest BCUT2D eigenvalue weighted by Gasteiger charge is 2.13. The molecule has 17 heavy (non-hydrogen) atoms. The SMILES string of the molecule is C=Cc1cc(N(C)C)cc(N(C)C)c1N(C)C. The molecule has 0 unspecified atom stereocenters. The zero-order chi connectivity index (χ0) is 13.2. The predicted octanol–water partition coefficient (Wildman–Crippen LogP) is 2.53. The summed E-state index contributed by atoms with van der Waals surface area (Å²) in [6.45, 7) is 3.91. The molecular formula is C14H23N3. The molecule has 0 atom stereocenters. The van der Waals surface area contributed by atoms with E-state index in [1.807, 2.05) is 6.08 Å². The Morgan fingerprint density at radius 1 is 0.882 bits per heavy atom. The molecule has 0 spiro atoms. The van der Waals surface area contributed by atoms with Crippen molar-refractivity contribution in [2.24, 2.45) is 0 Å². The van der Waals surface area contributed by atoms with E-state index < -0.39 is 0 Å². The van der Waals surface area contributed by atoms with Gasteiger partial charge >= 0.3 is 0 Å². The zero-order valence-electron chi connectivity index (χ0n) is 11.8. The summed E-state index contributed by atoms with van der Waals surface area (Å²) < 4.78 is 0. The van der Waals surface area contributed by atoms with Gasteiger partial charge in [0.25, 0.3) is 0 Å². The Hall–Kier alpha value is -1.64. The molecule has 1 rings (SSSR count). The lowest BCUT2D eigenvalue weighted by Crippen LogP contribution is -2.19. The minimum Gasteiger partial charge on any atom is -0.378 e. The normalized spacial score (nSPS) is 10.0. The van der Waals surface area contributed by atoms with Gasteiger partial charge in [0.15, 0.2) is 0 Å². The summed E-state index contributed by atoms with van der Waals surface area (Å²) in [6.07, 6.45) is 1.91. The minimum absolute atomic E-state index is 1.16. The highest BCUT2D eigenvalue weighted by Crippen LogP contribution is 2.35. The van der Waals surface area contributed by atoms with Gasteiger partial charge in [-0.25, -0.2) is 0 Å². The second-order valence-corrected chi connectivity index (χ2v) is 4.79. The van der Waals surface area contributed by atoms with Gasteiger partial charge in [-0.3, -0.25) is 0 Å². The Morgan fingerprint density at radius 2 is 1.47 bits per heavy atom. The van der Waals surface area contributed by atoms with E-state index in [9.17, 15) is 0 Å². The van der Waals surface area contributed by atoms with E-state index in [0.717, 1.165) is 5.56 Å². The molecule has 0 heterocycles. The molecule has 1 aromatic carbocycles. The van der Waals surface area contributed by atoms with Crippen molar-refractivity contribution >= 4 is 23.1 Å². The van der Waals surface area contributed by atoms with Crippen LogP contribution in [0.4, 0.5) is 17.1 Å². The number of hydrogen-bond donors (Lipinski definition) is 0. The Kier molecular flexibility index (Phi) is 4.05. The number of rotatable bonds is 4. The number of nitrogens with zero attached hydrogens (tertiary/aromatic N) is 3. The lowest BCUT2D eigenvalue weighted by molar-refractivity contribution is 1.06. The molecule has 94 valence electrons. The Morgan fingerprint density at radius 3 is 1.82 bits per heavy atom. The lowest BCUT2D eigenvalue weighted by atomic mass is 10.1. The average molecular weight is 233 g/mol. The topological polar surface area (TPSA) is 9.72 Å². The molecule has 0 amide bonds. The second-order valence-electron chi connectivity index (χ2n) is 4.79. The van der Waals surface area contributed by atoms with Crippen LogP contribution < -0.4 is 14.7 Å². The lowest BCUT2D eigenvalue weighted by Gasteiger charge is -2.27. The van der Waals surface area contributed by atoms with Crippen LogP contribution in [-0.4, -0.2) is 42.3 Å². The Balaban J connectivity index is 3.51. The predicted molar refractivity (Wildman–Crippen MR) is 79.5 cm³/mol. The fraction of sp³-hybridized carbons (Fsp3) is 0.429. The maximum atomic E-state index is 3.91. The van der Waals surface area contributed by atoms with Crippen LogP contribution in [-0.2, 0) is 0 Å². The molecule has 0 saturated heterocycles. The van der Waals surface area contributed by atoms with E-state index in [1.165, 1.54) is 17.1 Å². The van der Waals surface area contributed by atoms with Crippen molar-refractivity contribution in [3.63, 3.8) is 0 Å². The molecule has 0 aromatic heterocycles. The van der Waals surface area contributed by atoms with Gasteiger partial charge in [-0.1, -0.05) is 12.7 Å². The van der Waals surface area contributed by atoms with Crippen LogP contribution >= 0.6 is 0 Å². The molecule has 1 aromatic rings. The van der Waals surface area contributed by atoms with Crippen molar-refractivity contribution < 1.29 is 0 Å². The summed E-state index contributed by atoms with van der Waals surface area (Å²) in [5.41, 5.74) is 4.76. The fourth-order valence-corrected chi connectivity index (χ4v) is 1.87. The summed E-state index contributed by atoms with van der Waals surface area (Å²) >= 11 is 0. The quantitative estimate of drug-likeness (QED) is 0.791. The van der Waals surface area contributed by atoms with E-state index in [4.69, 9.17) is 0 Å². The molecule has 0 bridgehead atoms. The first-order valence-corrected chi connectivity index (χ1v) is 5.71. The van der Waals surface area contributed by atoms with Crippen LogP contribution in [0.3, 0.4) is 0 Å². The van der Waals surface area contributed by atoms with Crippen LogP contribution in [0, 0.1) is 0 Å². The van der Waals surface area contributed by atoms with Gasteiger partial charge in [0.2, 0.25) is 0 Å². The number of anilines is 3. The summed E-state index contributed by atoms with van der Waals surface area (Å²) in [5.74, 6) is 0. The van der Waals surface area contributed by atoms with E-state index >= 15 is 0 Å². The molecule has 0 saturated carbocycles. The van der Waals surface area contributed by atoms with Crippen molar-refractivity contribution in [1.82, 2.24) is 0 Å². The molecule has 0 aliphatic carbocycles. The molecule has 3 heteroatoms. The summed E-state index contributed by atoms with van der Waals surface area (Å²) in [7, 11) is 12.4. The Bertz CT molecular complexity index is 406. The van der Waals surface area contributed by atoms with Crippen molar-refractivity contribution in [3.8, 4) is 0 Å². The van der Waals surface area contributed by atoms with Crippen LogP contribution in [0.2, 0.25) is 0 Å².